The maximum absolute atomic E-state index is 4.77. The van der Waals surface area contributed by atoms with Gasteiger partial charge in [-0.3, -0.25) is 0 Å². The second-order valence-corrected chi connectivity index (χ2v) is 9.59. The molecule has 0 aliphatic heterocycles. The lowest BCUT2D eigenvalue weighted by molar-refractivity contribution is 0.596. The van der Waals surface area contributed by atoms with Crippen molar-refractivity contribution in [3.05, 3.63) is 96.8 Å². The van der Waals surface area contributed by atoms with Gasteiger partial charge in [-0.15, -0.1) is 0 Å². The standard InChI is InChI=1S/C30H24N2/c1-30(2,3)27-16-22(14-20-9-5-7-11-24(20)27)29-26-15-21-13-12-19-8-4-6-10-23(19)25(21)17-28(26)31-18-32-29/h4-18H,1-3H3. The summed E-state index contributed by atoms with van der Waals surface area (Å²) < 4.78 is 0. The fourth-order valence-electron chi connectivity index (χ4n) is 4.86. The number of rotatable bonds is 1. The Labute approximate surface area is 187 Å². The highest BCUT2D eigenvalue weighted by molar-refractivity contribution is 6.13. The zero-order valence-corrected chi connectivity index (χ0v) is 18.6. The molecule has 0 fully saturated rings. The number of benzene rings is 5. The Kier molecular flexibility index (Phi) is 4.06. The average molecular weight is 413 g/mol. The van der Waals surface area contributed by atoms with E-state index in [1.54, 1.807) is 6.33 Å². The molecule has 6 aromatic rings. The molecule has 0 aliphatic carbocycles. The van der Waals surface area contributed by atoms with Gasteiger partial charge in [-0.05, 0) is 67.6 Å². The molecule has 1 aromatic heterocycles. The van der Waals surface area contributed by atoms with Crippen LogP contribution < -0.4 is 0 Å². The second-order valence-electron chi connectivity index (χ2n) is 9.59. The summed E-state index contributed by atoms with van der Waals surface area (Å²) in [5.74, 6) is 0. The van der Waals surface area contributed by atoms with E-state index in [0.717, 1.165) is 22.2 Å². The maximum Gasteiger partial charge on any atom is 0.116 e. The minimum atomic E-state index is 0.0318. The zero-order chi connectivity index (χ0) is 21.9. The average Bonchev–Trinajstić information content (AvgIpc) is 2.81. The van der Waals surface area contributed by atoms with Gasteiger partial charge in [0.1, 0.15) is 6.33 Å². The molecule has 32 heavy (non-hydrogen) atoms. The summed E-state index contributed by atoms with van der Waals surface area (Å²) in [4.78, 5) is 9.41. The van der Waals surface area contributed by atoms with Gasteiger partial charge in [-0.1, -0.05) is 81.4 Å². The summed E-state index contributed by atoms with van der Waals surface area (Å²) in [5.41, 5.74) is 4.47. The van der Waals surface area contributed by atoms with Crippen LogP contribution in [0.3, 0.4) is 0 Å². The van der Waals surface area contributed by atoms with E-state index in [1.165, 1.54) is 37.9 Å². The number of hydrogen-bond acceptors (Lipinski definition) is 2. The van der Waals surface area contributed by atoms with Crippen LogP contribution in [0.5, 0.6) is 0 Å². The number of aromatic nitrogens is 2. The number of nitrogens with zero attached hydrogens (tertiary/aromatic N) is 2. The van der Waals surface area contributed by atoms with Gasteiger partial charge in [0.15, 0.2) is 0 Å². The smallest absolute Gasteiger partial charge is 0.116 e. The van der Waals surface area contributed by atoms with E-state index in [4.69, 9.17) is 4.98 Å². The Hall–Kier alpha value is -3.78. The largest absolute Gasteiger partial charge is 0.236 e. The molecule has 2 nitrogen and oxygen atoms in total. The summed E-state index contributed by atoms with van der Waals surface area (Å²) in [7, 11) is 0. The van der Waals surface area contributed by atoms with Crippen molar-refractivity contribution in [2.75, 3.05) is 0 Å². The second kappa shape index (κ2) is 6.86. The molecular formula is C30H24N2. The molecule has 6 rings (SSSR count). The Morgan fingerprint density at radius 1 is 0.562 bits per heavy atom. The molecule has 0 amide bonds. The highest BCUT2D eigenvalue weighted by Crippen LogP contribution is 2.37. The normalized spacial score (nSPS) is 12.2. The molecule has 2 heteroatoms. The first kappa shape index (κ1) is 18.9. The number of fused-ring (bicyclic) bond motifs is 5. The Bertz CT molecular complexity index is 1660. The molecular weight excluding hydrogens is 388 g/mol. The fourth-order valence-corrected chi connectivity index (χ4v) is 4.86. The van der Waals surface area contributed by atoms with E-state index in [1.807, 2.05) is 0 Å². The quantitative estimate of drug-likeness (QED) is 0.202. The van der Waals surface area contributed by atoms with Gasteiger partial charge in [-0.2, -0.15) is 0 Å². The number of hydrogen-bond donors (Lipinski definition) is 0. The topological polar surface area (TPSA) is 25.8 Å². The van der Waals surface area contributed by atoms with Crippen LogP contribution in [-0.4, -0.2) is 9.97 Å². The molecule has 5 aromatic carbocycles. The third kappa shape index (κ3) is 2.95. The van der Waals surface area contributed by atoms with Gasteiger partial charge < -0.3 is 0 Å². The Morgan fingerprint density at radius 2 is 1.25 bits per heavy atom. The maximum atomic E-state index is 4.77. The fraction of sp³-hybridized carbons (Fsp3) is 0.133. The summed E-state index contributed by atoms with van der Waals surface area (Å²) in [5, 5.41) is 8.59. The first-order chi connectivity index (χ1) is 15.5. The molecule has 0 saturated carbocycles. The summed E-state index contributed by atoms with van der Waals surface area (Å²) in [6.07, 6.45) is 1.70. The van der Waals surface area contributed by atoms with Crippen molar-refractivity contribution in [2.24, 2.45) is 0 Å². The van der Waals surface area contributed by atoms with Crippen LogP contribution in [0.15, 0.2) is 91.3 Å². The molecule has 0 aliphatic rings. The SMILES string of the molecule is CC(C)(C)c1cc(-c2ncnc3cc4c(ccc5ccccc54)cc23)cc2ccccc12. The van der Waals surface area contributed by atoms with Gasteiger partial charge in [0.25, 0.3) is 0 Å². The molecule has 0 N–H and O–H groups in total. The highest BCUT2D eigenvalue weighted by Gasteiger charge is 2.19. The third-order valence-electron chi connectivity index (χ3n) is 6.44. The van der Waals surface area contributed by atoms with Gasteiger partial charge in [-0.25, -0.2) is 9.97 Å². The first-order valence-electron chi connectivity index (χ1n) is 11.1. The van der Waals surface area contributed by atoms with Gasteiger partial charge in [0.05, 0.1) is 11.2 Å². The minimum Gasteiger partial charge on any atom is -0.236 e. The van der Waals surface area contributed by atoms with E-state index in [0.29, 0.717) is 0 Å². The van der Waals surface area contributed by atoms with Crippen molar-refractivity contribution < 1.29 is 0 Å². The lowest BCUT2D eigenvalue weighted by Gasteiger charge is -2.23. The van der Waals surface area contributed by atoms with E-state index < -0.39 is 0 Å². The van der Waals surface area contributed by atoms with Crippen LogP contribution in [0.1, 0.15) is 26.3 Å². The van der Waals surface area contributed by atoms with E-state index in [2.05, 4.69) is 111 Å². The van der Waals surface area contributed by atoms with Gasteiger partial charge in [0, 0.05) is 10.9 Å². The van der Waals surface area contributed by atoms with Crippen LogP contribution >= 0.6 is 0 Å². The van der Waals surface area contributed by atoms with Crippen molar-refractivity contribution in [3.63, 3.8) is 0 Å². The van der Waals surface area contributed by atoms with Crippen molar-refractivity contribution in [1.82, 2.24) is 9.97 Å². The van der Waals surface area contributed by atoms with Crippen LogP contribution in [0, 0.1) is 0 Å². The minimum absolute atomic E-state index is 0.0318. The molecule has 154 valence electrons. The predicted molar refractivity (Wildman–Crippen MR) is 136 cm³/mol. The van der Waals surface area contributed by atoms with E-state index >= 15 is 0 Å². The van der Waals surface area contributed by atoms with Crippen molar-refractivity contribution in [3.8, 4) is 11.3 Å². The monoisotopic (exact) mass is 412 g/mol. The molecule has 0 atom stereocenters. The molecule has 0 bridgehead atoms. The summed E-state index contributed by atoms with van der Waals surface area (Å²) in [6.45, 7) is 6.82. The van der Waals surface area contributed by atoms with E-state index in [-0.39, 0.29) is 5.41 Å². The molecule has 0 radical (unpaired) electrons. The first-order valence-corrected chi connectivity index (χ1v) is 11.1. The van der Waals surface area contributed by atoms with Gasteiger partial charge >= 0.3 is 0 Å². The molecule has 0 saturated heterocycles. The lowest BCUT2D eigenvalue weighted by atomic mass is 9.82. The van der Waals surface area contributed by atoms with Crippen molar-refractivity contribution in [1.29, 1.82) is 0 Å². The van der Waals surface area contributed by atoms with Crippen molar-refractivity contribution >= 4 is 43.2 Å². The Balaban J connectivity index is 1.67. The summed E-state index contributed by atoms with van der Waals surface area (Å²) >= 11 is 0. The van der Waals surface area contributed by atoms with Gasteiger partial charge in [0.2, 0.25) is 0 Å². The molecule has 1 heterocycles. The van der Waals surface area contributed by atoms with Crippen LogP contribution in [0.25, 0.3) is 54.5 Å². The van der Waals surface area contributed by atoms with Crippen molar-refractivity contribution in [2.45, 2.75) is 26.2 Å². The Morgan fingerprint density at radius 3 is 2.06 bits per heavy atom. The van der Waals surface area contributed by atoms with Crippen LogP contribution in [0.4, 0.5) is 0 Å². The zero-order valence-electron chi connectivity index (χ0n) is 18.6. The summed E-state index contributed by atoms with van der Waals surface area (Å²) in [6, 6.07) is 30.6. The third-order valence-corrected chi connectivity index (χ3v) is 6.44. The van der Waals surface area contributed by atoms with E-state index in [9.17, 15) is 0 Å². The lowest BCUT2D eigenvalue weighted by Crippen LogP contribution is -2.12. The molecule has 0 unspecified atom stereocenters. The predicted octanol–water partition coefficient (Wildman–Crippen LogP) is 8.05. The highest BCUT2D eigenvalue weighted by atomic mass is 14.8. The van der Waals surface area contributed by atoms with Crippen LogP contribution in [-0.2, 0) is 5.41 Å². The van der Waals surface area contributed by atoms with Crippen LogP contribution in [0.2, 0.25) is 0 Å². The molecule has 0 spiro atoms.